The first-order valence-electron chi connectivity index (χ1n) is 9.82. The van der Waals surface area contributed by atoms with E-state index in [4.69, 9.17) is 4.74 Å². The summed E-state index contributed by atoms with van der Waals surface area (Å²) in [6.45, 7) is 3.10. The van der Waals surface area contributed by atoms with Gasteiger partial charge in [-0.1, -0.05) is 0 Å². The number of alkyl halides is 5. The van der Waals surface area contributed by atoms with Crippen LogP contribution in [-0.4, -0.2) is 36.6 Å². The molecule has 4 nitrogen and oxygen atoms in total. The van der Waals surface area contributed by atoms with E-state index < -0.39 is 41.4 Å². The van der Waals surface area contributed by atoms with Gasteiger partial charge in [0.15, 0.2) is 0 Å². The third kappa shape index (κ3) is 4.12. The second-order valence-electron chi connectivity index (χ2n) is 8.10. The number of fused-ring (bicyclic) bond motifs is 1. The molecule has 2 heterocycles. The highest BCUT2D eigenvalue weighted by Gasteiger charge is 2.58. The van der Waals surface area contributed by atoms with E-state index in [1.54, 1.807) is 6.92 Å². The third-order valence-corrected chi connectivity index (χ3v) is 5.71. The van der Waals surface area contributed by atoms with Crippen LogP contribution in [0.3, 0.4) is 0 Å². The lowest BCUT2D eigenvalue weighted by Gasteiger charge is -2.22. The number of hydrogen-bond donors (Lipinski definition) is 1. The molecule has 0 radical (unpaired) electrons. The molecule has 162 valence electrons. The standard InChI is InChI=1S/C21H21F5N2O2/c1-11-5-17(19(29)27-9-12-3-2-4-30-10-12)28-18-14(11)6-13(16-8-20(16,22)23)7-15(18)21(24,25)26/h5-7,12,16H,2-4,8-10H2,1H3,(H,27,29)/t12-,16?/m1/s1. The van der Waals surface area contributed by atoms with Crippen LogP contribution in [0.2, 0.25) is 0 Å². The minimum atomic E-state index is -4.79. The molecule has 4 rings (SSSR count). The average molecular weight is 428 g/mol. The fourth-order valence-corrected chi connectivity index (χ4v) is 3.92. The number of nitrogens with one attached hydrogen (secondary N) is 1. The van der Waals surface area contributed by atoms with Gasteiger partial charge >= 0.3 is 6.18 Å². The molecule has 1 saturated carbocycles. The smallest absolute Gasteiger partial charge is 0.381 e. The van der Waals surface area contributed by atoms with Crippen LogP contribution < -0.4 is 5.32 Å². The van der Waals surface area contributed by atoms with E-state index in [0.717, 1.165) is 18.9 Å². The summed E-state index contributed by atoms with van der Waals surface area (Å²) in [7, 11) is 0. The molecule has 1 aromatic heterocycles. The molecular weight excluding hydrogens is 407 g/mol. The molecule has 1 aliphatic carbocycles. The first-order valence-corrected chi connectivity index (χ1v) is 9.82. The fraction of sp³-hybridized carbons (Fsp3) is 0.524. The van der Waals surface area contributed by atoms with Crippen LogP contribution >= 0.6 is 0 Å². The summed E-state index contributed by atoms with van der Waals surface area (Å²) in [6.07, 6.45) is -3.46. The zero-order valence-corrected chi connectivity index (χ0v) is 16.3. The third-order valence-electron chi connectivity index (χ3n) is 5.71. The average Bonchev–Trinajstić information content (AvgIpc) is 3.33. The summed E-state index contributed by atoms with van der Waals surface area (Å²) < 4.78 is 73.3. The number of ether oxygens (including phenoxy) is 1. The number of amides is 1. The SMILES string of the molecule is Cc1cc(C(=O)NC[C@H]2CCCOC2)nc2c(C(F)(F)F)cc(C3CC3(F)F)cc12. The highest BCUT2D eigenvalue weighted by Crippen LogP contribution is 2.56. The maximum Gasteiger partial charge on any atom is 0.418 e. The van der Waals surface area contributed by atoms with Gasteiger partial charge in [-0.25, -0.2) is 13.8 Å². The van der Waals surface area contributed by atoms with Crippen molar-refractivity contribution in [2.24, 2.45) is 5.92 Å². The molecule has 2 fully saturated rings. The monoisotopic (exact) mass is 428 g/mol. The summed E-state index contributed by atoms with van der Waals surface area (Å²) in [4.78, 5) is 16.5. The van der Waals surface area contributed by atoms with Crippen molar-refractivity contribution in [3.8, 4) is 0 Å². The van der Waals surface area contributed by atoms with E-state index in [9.17, 15) is 26.7 Å². The van der Waals surface area contributed by atoms with Gasteiger partial charge in [0.05, 0.1) is 23.6 Å². The van der Waals surface area contributed by atoms with E-state index in [1.807, 2.05) is 0 Å². The Labute approximate surface area is 169 Å². The summed E-state index contributed by atoms with van der Waals surface area (Å²) in [5, 5.41) is 2.83. The van der Waals surface area contributed by atoms with Crippen LogP contribution in [-0.2, 0) is 10.9 Å². The Balaban J connectivity index is 1.68. The van der Waals surface area contributed by atoms with Crippen molar-refractivity contribution >= 4 is 16.8 Å². The van der Waals surface area contributed by atoms with E-state index in [2.05, 4.69) is 10.3 Å². The van der Waals surface area contributed by atoms with Gasteiger partial charge in [0.25, 0.3) is 11.8 Å². The van der Waals surface area contributed by atoms with E-state index in [0.29, 0.717) is 25.3 Å². The summed E-state index contributed by atoms with van der Waals surface area (Å²) in [5.41, 5.74) is -1.31. The topological polar surface area (TPSA) is 51.2 Å². The maximum absolute atomic E-state index is 13.7. The van der Waals surface area contributed by atoms with E-state index in [-0.39, 0.29) is 22.6 Å². The van der Waals surface area contributed by atoms with Crippen LogP contribution in [0.4, 0.5) is 22.0 Å². The molecule has 0 spiro atoms. The second kappa shape index (κ2) is 7.44. The van der Waals surface area contributed by atoms with Crippen LogP contribution in [0.15, 0.2) is 18.2 Å². The number of nitrogens with zero attached hydrogens (tertiary/aromatic N) is 1. The Hall–Kier alpha value is -2.29. The molecule has 1 unspecified atom stereocenters. The predicted molar refractivity (Wildman–Crippen MR) is 99.7 cm³/mol. The van der Waals surface area contributed by atoms with Crippen LogP contribution in [0.5, 0.6) is 0 Å². The molecule has 1 N–H and O–H groups in total. The number of hydrogen-bond acceptors (Lipinski definition) is 3. The van der Waals surface area contributed by atoms with Crippen molar-refractivity contribution in [1.29, 1.82) is 0 Å². The van der Waals surface area contributed by atoms with Crippen LogP contribution in [0.25, 0.3) is 10.9 Å². The van der Waals surface area contributed by atoms with Gasteiger partial charge in [-0.3, -0.25) is 4.79 Å². The van der Waals surface area contributed by atoms with Gasteiger partial charge in [-0.15, -0.1) is 0 Å². The number of rotatable bonds is 4. The summed E-state index contributed by atoms with van der Waals surface area (Å²) >= 11 is 0. The number of aryl methyl sites for hydroxylation is 1. The summed E-state index contributed by atoms with van der Waals surface area (Å²) in [5.74, 6) is -4.63. The molecular formula is C21H21F5N2O2. The summed E-state index contributed by atoms with van der Waals surface area (Å²) in [6, 6.07) is 3.46. The normalized spacial score (nSPS) is 23.4. The molecule has 1 amide bonds. The van der Waals surface area contributed by atoms with Crippen molar-refractivity contribution in [1.82, 2.24) is 10.3 Å². The minimum Gasteiger partial charge on any atom is -0.381 e. The van der Waals surface area contributed by atoms with Gasteiger partial charge in [0.2, 0.25) is 0 Å². The van der Waals surface area contributed by atoms with Crippen molar-refractivity contribution in [2.75, 3.05) is 19.8 Å². The highest BCUT2D eigenvalue weighted by molar-refractivity contribution is 5.97. The van der Waals surface area contributed by atoms with Crippen molar-refractivity contribution in [3.63, 3.8) is 0 Å². The Kier molecular flexibility index (Phi) is 5.20. The molecule has 1 saturated heterocycles. The van der Waals surface area contributed by atoms with Crippen molar-refractivity contribution in [3.05, 3.63) is 40.6 Å². The number of benzene rings is 1. The molecule has 2 atom stereocenters. The number of carbonyl (C=O) groups excluding carboxylic acids is 1. The number of pyridine rings is 1. The first kappa shape index (κ1) is 21.0. The molecule has 1 aromatic carbocycles. The molecule has 2 aromatic rings. The lowest BCUT2D eigenvalue weighted by Crippen LogP contribution is -2.33. The van der Waals surface area contributed by atoms with Crippen molar-refractivity contribution < 1.29 is 31.5 Å². The molecule has 30 heavy (non-hydrogen) atoms. The Morgan fingerprint density at radius 1 is 1.30 bits per heavy atom. The minimum absolute atomic E-state index is 0.0563. The predicted octanol–water partition coefficient (Wildman–Crippen LogP) is 4.84. The number of carbonyl (C=O) groups is 1. The van der Waals surface area contributed by atoms with Crippen LogP contribution in [0.1, 0.15) is 52.4 Å². The molecule has 1 aliphatic heterocycles. The number of halogens is 5. The Morgan fingerprint density at radius 2 is 2.03 bits per heavy atom. The van der Waals surface area contributed by atoms with E-state index in [1.165, 1.54) is 12.1 Å². The molecule has 0 bridgehead atoms. The Morgan fingerprint density at radius 3 is 2.63 bits per heavy atom. The fourth-order valence-electron chi connectivity index (χ4n) is 3.92. The lowest BCUT2D eigenvalue weighted by atomic mass is 9.98. The Bertz CT molecular complexity index is 984. The zero-order valence-electron chi connectivity index (χ0n) is 16.3. The number of aromatic nitrogens is 1. The zero-order chi connectivity index (χ0) is 21.7. The van der Waals surface area contributed by atoms with Gasteiger partial charge in [-0.05, 0) is 55.0 Å². The van der Waals surface area contributed by atoms with Crippen LogP contribution in [0, 0.1) is 12.8 Å². The van der Waals surface area contributed by atoms with Gasteiger partial charge in [0, 0.05) is 25.0 Å². The van der Waals surface area contributed by atoms with Gasteiger partial charge in [0.1, 0.15) is 5.69 Å². The van der Waals surface area contributed by atoms with Crippen molar-refractivity contribution in [2.45, 2.75) is 44.2 Å². The molecule has 9 heteroatoms. The van der Waals surface area contributed by atoms with Gasteiger partial charge < -0.3 is 10.1 Å². The first-order chi connectivity index (χ1) is 14.1. The largest absolute Gasteiger partial charge is 0.418 e. The maximum atomic E-state index is 13.7. The van der Waals surface area contributed by atoms with E-state index >= 15 is 0 Å². The quantitative estimate of drug-likeness (QED) is 0.709. The second-order valence-corrected chi connectivity index (χ2v) is 8.10. The molecule has 2 aliphatic rings. The van der Waals surface area contributed by atoms with Gasteiger partial charge in [-0.2, -0.15) is 13.2 Å². The lowest BCUT2D eigenvalue weighted by molar-refractivity contribution is -0.136. The highest BCUT2D eigenvalue weighted by atomic mass is 19.4.